The second kappa shape index (κ2) is 6.25. The highest BCUT2D eigenvalue weighted by Gasteiger charge is 2.06. The zero-order valence-corrected chi connectivity index (χ0v) is 10.4. The Morgan fingerprint density at radius 1 is 1.29 bits per heavy atom. The number of ether oxygens (including phenoxy) is 1. The summed E-state index contributed by atoms with van der Waals surface area (Å²) in [6.07, 6.45) is -0.424. The van der Waals surface area contributed by atoms with Crippen LogP contribution in [0.3, 0.4) is 0 Å². The Morgan fingerprint density at radius 2 is 1.88 bits per heavy atom. The Balaban J connectivity index is 2.57. The van der Waals surface area contributed by atoms with E-state index in [1.165, 1.54) is 0 Å². The number of rotatable bonds is 5. The average molecular weight is 237 g/mol. The van der Waals surface area contributed by atoms with Crippen LogP contribution < -0.4 is 10.1 Å². The van der Waals surface area contributed by atoms with Crippen LogP contribution in [0.5, 0.6) is 5.75 Å². The second-order valence-electron chi connectivity index (χ2n) is 4.25. The third-order valence-corrected chi connectivity index (χ3v) is 2.05. The van der Waals surface area contributed by atoms with E-state index in [9.17, 15) is 4.79 Å². The van der Waals surface area contributed by atoms with Crippen LogP contribution in [0.2, 0.25) is 0 Å². The summed E-state index contributed by atoms with van der Waals surface area (Å²) >= 11 is 0. The van der Waals surface area contributed by atoms with Crippen molar-refractivity contribution in [2.24, 2.45) is 0 Å². The summed E-state index contributed by atoms with van der Waals surface area (Å²) in [4.78, 5) is 11.6. The lowest BCUT2D eigenvalue weighted by Gasteiger charge is -2.10. The normalized spacial score (nSPS) is 12.3. The maximum Gasteiger partial charge on any atom is 0.251 e. The molecule has 1 rings (SSSR count). The van der Waals surface area contributed by atoms with Gasteiger partial charge in [0.25, 0.3) is 5.91 Å². The van der Waals surface area contributed by atoms with E-state index in [1.54, 1.807) is 31.2 Å². The van der Waals surface area contributed by atoms with Gasteiger partial charge in [0.1, 0.15) is 5.75 Å². The molecule has 4 heteroatoms. The molecule has 2 N–H and O–H groups in total. The van der Waals surface area contributed by atoms with Gasteiger partial charge in [-0.05, 0) is 45.0 Å². The molecule has 0 radical (unpaired) electrons. The van der Waals surface area contributed by atoms with E-state index >= 15 is 0 Å². The molecule has 1 atom stereocenters. The number of carbonyl (C=O) groups excluding carboxylic acids is 1. The summed E-state index contributed by atoms with van der Waals surface area (Å²) in [5.74, 6) is 0.550. The minimum atomic E-state index is -0.539. The van der Waals surface area contributed by atoms with E-state index in [-0.39, 0.29) is 18.6 Å². The molecule has 0 fully saturated rings. The van der Waals surface area contributed by atoms with Crippen LogP contribution in [0.25, 0.3) is 0 Å². The van der Waals surface area contributed by atoms with E-state index in [0.717, 1.165) is 5.75 Å². The zero-order valence-electron chi connectivity index (χ0n) is 10.4. The predicted octanol–water partition coefficient (Wildman–Crippen LogP) is 1.58. The molecule has 4 nitrogen and oxygen atoms in total. The van der Waals surface area contributed by atoms with Gasteiger partial charge in [0.15, 0.2) is 0 Å². The van der Waals surface area contributed by atoms with Gasteiger partial charge in [0.2, 0.25) is 0 Å². The number of carbonyl (C=O) groups is 1. The number of nitrogens with one attached hydrogen (secondary N) is 1. The molecule has 0 unspecified atom stereocenters. The van der Waals surface area contributed by atoms with Crippen LogP contribution >= 0.6 is 0 Å². The summed E-state index contributed by atoms with van der Waals surface area (Å²) in [5, 5.41) is 11.7. The van der Waals surface area contributed by atoms with E-state index < -0.39 is 6.10 Å². The number of aliphatic hydroxyl groups excluding tert-OH is 1. The molecule has 0 saturated carbocycles. The van der Waals surface area contributed by atoms with Crippen molar-refractivity contribution in [1.82, 2.24) is 5.32 Å². The second-order valence-corrected chi connectivity index (χ2v) is 4.25. The first kappa shape index (κ1) is 13.5. The molecule has 0 aromatic heterocycles. The smallest absolute Gasteiger partial charge is 0.251 e. The van der Waals surface area contributed by atoms with Crippen molar-refractivity contribution in [3.63, 3.8) is 0 Å². The molecule has 1 amide bonds. The fraction of sp³-hybridized carbons (Fsp3) is 0.462. The lowest BCUT2D eigenvalue weighted by molar-refractivity contribution is 0.0924. The number of hydrogen-bond acceptors (Lipinski definition) is 3. The van der Waals surface area contributed by atoms with Crippen molar-refractivity contribution in [3.8, 4) is 5.75 Å². The lowest BCUT2D eigenvalue weighted by Crippen LogP contribution is -2.30. The van der Waals surface area contributed by atoms with Gasteiger partial charge in [-0.15, -0.1) is 0 Å². The van der Waals surface area contributed by atoms with Crippen LogP contribution in [0.4, 0.5) is 0 Å². The van der Waals surface area contributed by atoms with Gasteiger partial charge in [-0.2, -0.15) is 0 Å². The molecular weight excluding hydrogens is 218 g/mol. The summed E-state index contributed by atoms with van der Waals surface area (Å²) in [5.41, 5.74) is 0.557. The lowest BCUT2D eigenvalue weighted by atomic mass is 10.2. The number of aliphatic hydroxyl groups is 1. The maximum atomic E-state index is 11.6. The van der Waals surface area contributed by atoms with E-state index in [4.69, 9.17) is 9.84 Å². The standard InChI is InChI=1S/C13H19NO3/c1-9(2)17-12-6-4-11(5-7-12)13(16)14-8-10(3)15/h4-7,9-10,15H,8H2,1-3H3,(H,14,16)/t10-/m0/s1. The predicted molar refractivity (Wildman–Crippen MR) is 66.2 cm³/mol. The number of hydrogen-bond donors (Lipinski definition) is 2. The van der Waals surface area contributed by atoms with Crippen LogP contribution in [0.1, 0.15) is 31.1 Å². The van der Waals surface area contributed by atoms with Crippen molar-refractivity contribution in [1.29, 1.82) is 0 Å². The summed E-state index contributed by atoms with van der Waals surface area (Å²) in [7, 11) is 0. The molecule has 0 aliphatic carbocycles. The monoisotopic (exact) mass is 237 g/mol. The zero-order chi connectivity index (χ0) is 12.8. The quantitative estimate of drug-likeness (QED) is 0.817. The molecule has 0 aliphatic rings. The molecule has 1 aromatic carbocycles. The minimum absolute atomic E-state index is 0.116. The van der Waals surface area contributed by atoms with Gasteiger partial charge in [-0.1, -0.05) is 0 Å². The van der Waals surface area contributed by atoms with Crippen molar-refractivity contribution < 1.29 is 14.6 Å². The fourth-order valence-corrected chi connectivity index (χ4v) is 1.30. The van der Waals surface area contributed by atoms with E-state index in [0.29, 0.717) is 5.56 Å². The molecule has 17 heavy (non-hydrogen) atoms. The third kappa shape index (κ3) is 4.87. The first-order valence-corrected chi connectivity index (χ1v) is 5.72. The molecule has 94 valence electrons. The average Bonchev–Trinajstić information content (AvgIpc) is 2.26. The molecule has 0 saturated heterocycles. The van der Waals surface area contributed by atoms with Crippen LogP contribution in [-0.2, 0) is 0 Å². The van der Waals surface area contributed by atoms with Crippen molar-refractivity contribution in [3.05, 3.63) is 29.8 Å². The largest absolute Gasteiger partial charge is 0.491 e. The van der Waals surface area contributed by atoms with Gasteiger partial charge in [-0.3, -0.25) is 4.79 Å². The maximum absolute atomic E-state index is 11.6. The van der Waals surface area contributed by atoms with Gasteiger partial charge < -0.3 is 15.2 Å². The fourth-order valence-electron chi connectivity index (χ4n) is 1.30. The van der Waals surface area contributed by atoms with E-state index in [1.807, 2.05) is 13.8 Å². The van der Waals surface area contributed by atoms with Crippen molar-refractivity contribution in [2.75, 3.05) is 6.54 Å². The molecule has 0 bridgehead atoms. The molecule has 0 heterocycles. The molecule has 0 spiro atoms. The van der Waals surface area contributed by atoms with Crippen molar-refractivity contribution in [2.45, 2.75) is 33.0 Å². The molecule has 1 aromatic rings. The summed E-state index contributed by atoms with van der Waals surface area (Å²) in [6, 6.07) is 6.93. The third-order valence-electron chi connectivity index (χ3n) is 2.05. The van der Waals surface area contributed by atoms with E-state index in [2.05, 4.69) is 5.32 Å². The van der Waals surface area contributed by atoms with Crippen LogP contribution in [0.15, 0.2) is 24.3 Å². The Morgan fingerprint density at radius 3 is 2.35 bits per heavy atom. The number of benzene rings is 1. The van der Waals surface area contributed by atoms with Gasteiger partial charge in [0, 0.05) is 12.1 Å². The molecular formula is C13H19NO3. The highest BCUT2D eigenvalue weighted by atomic mass is 16.5. The van der Waals surface area contributed by atoms with Crippen LogP contribution in [0, 0.1) is 0 Å². The van der Waals surface area contributed by atoms with Gasteiger partial charge in [0.05, 0.1) is 12.2 Å². The highest BCUT2D eigenvalue weighted by Crippen LogP contribution is 2.13. The first-order valence-electron chi connectivity index (χ1n) is 5.72. The van der Waals surface area contributed by atoms with Gasteiger partial charge in [-0.25, -0.2) is 0 Å². The highest BCUT2D eigenvalue weighted by molar-refractivity contribution is 5.94. The Hall–Kier alpha value is -1.55. The number of amides is 1. The minimum Gasteiger partial charge on any atom is -0.491 e. The Kier molecular flexibility index (Phi) is 4.97. The summed E-state index contributed by atoms with van der Waals surface area (Å²) in [6.45, 7) is 5.77. The van der Waals surface area contributed by atoms with Crippen LogP contribution in [-0.4, -0.2) is 29.8 Å². The molecule has 0 aliphatic heterocycles. The SMILES string of the molecule is CC(C)Oc1ccc(C(=O)NC[C@H](C)O)cc1. The first-order chi connectivity index (χ1) is 7.99. The van der Waals surface area contributed by atoms with Gasteiger partial charge >= 0.3 is 0 Å². The topological polar surface area (TPSA) is 58.6 Å². The summed E-state index contributed by atoms with van der Waals surface area (Å²) < 4.78 is 5.48. The van der Waals surface area contributed by atoms with Crippen molar-refractivity contribution >= 4 is 5.91 Å². The Labute approximate surface area is 102 Å². The Bertz CT molecular complexity index is 357.